The molecule has 18 heavy (non-hydrogen) atoms. The van der Waals surface area contributed by atoms with Gasteiger partial charge in [0.2, 0.25) is 0 Å². The minimum absolute atomic E-state index is 0.197. The predicted octanol–water partition coefficient (Wildman–Crippen LogP) is 2.14. The summed E-state index contributed by atoms with van der Waals surface area (Å²) in [5, 5.41) is 10.4. The summed E-state index contributed by atoms with van der Waals surface area (Å²) in [6.45, 7) is 0.901. The number of carbonyl (C=O) groups is 1. The number of hydrogen-bond acceptors (Lipinski definition) is 3. The normalized spacial score (nSPS) is 19.2. The van der Waals surface area contributed by atoms with Crippen LogP contribution in [0.5, 0.6) is 0 Å². The molecular weight excluding hydrogens is 298 g/mol. The number of nitrogens with zero attached hydrogens (tertiary/aromatic N) is 1. The topological polar surface area (TPSA) is 65.4 Å². The second-order valence-electron chi connectivity index (χ2n) is 3.95. The Bertz CT molecular complexity index is 478. The zero-order valence-corrected chi connectivity index (χ0v) is 11.5. The average molecular weight is 312 g/mol. The lowest BCUT2D eigenvalue weighted by atomic mass is 10.1. The summed E-state index contributed by atoms with van der Waals surface area (Å²) in [5.41, 5.74) is 0.900. The van der Waals surface area contributed by atoms with E-state index in [0.717, 1.165) is 10.0 Å². The van der Waals surface area contributed by atoms with Gasteiger partial charge in [-0.1, -0.05) is 34.1 Å². The van der Waals surface area contributed by atoms with E-state index < -0.39 is 0 Å². The number of urea groups is 1. The van der Waals surface area contributed by atoms with E-state index in [-0.39, 0.29) is 17.9 Å². The van der Waals surface area contributed by atoms with E-state index in [4.69, 9.17) is 10.1 Å². The highest BCUT2D eigenvalue weighted by molar-refractivity contribution is 9.10. The molecule has 0 radical (unpaired) electrons. The van der Waals surface area contributed by atoms with Crippen LogP contribution in [0.4, 0.5) is 4.79 Å². The summed E-state index contributed by atoms with van der Waals surface area (Å²) in [6.07, 6.45) is 0. The van der Waals surface area contributed by atoms with Crippen molar-refractivity contribution in [1.82, 2.24) is 10.2 Å². The molecule has 1 heterocycles. The zero-order valence-electron chi connectivity index (χ0n) is 9.94. The third-order valence-electron chi connectivity index (χ3n) is 2.82. The van der Waals surface area contributed by atoms with E-state index in [9.17, 15) is 4.79 Å². The second-order valence-corrected chi connectivity index (χ2v) is 4.81. The van der Waals surface area contributed by atoms with E-state index in [2.05, 4.69) is 21.2 Å². The van der Waals surface area contributed by atoms with Crippen molar-refractivity contribution in [1.29, 1.82) is 5.41 Å². The van der Waals surface area contributed by atoms with Gasteiger partial charge in [-0.2, -0.15) is 0 Å². The molecule has 1 aliphatic rings. The third-order valence-corrected chi connectivity index (χ3v) is 3.55. The number of benzene rings is 1. The van der Waals surface area contributed by atoms with Gasteiger partial charge in [0.25, 0.3) is 0 Å². The summed E-state index contributed by atoms with van der Waals surface area (Å²) in [4.78, 5) is 13.4. The first-order chi connectivity index (χ1) is 8.65. The first-order valence-electron chi connectivity index (χ1n) is 5.54. The van der Waals surface area contributed by atoms with Crippen molar-refractivity contribution in [2.24, 2.45) is 0 Å². The lowest BCUT2D eigenvalue weighted by Gasteiger charge is -2.23. The van der Waals surface area contributed by atoms with Crippen molar-refractivity contribution in [3.8, 4) is 0 Å². The Morgan fingerprint density at radius 3 is 2.89 bits per heavy atom. The molecule has 1 aliphatic heterocycles. The molecule has 1 unspecified atom stereocenters. The largest absolute Gasteiger partial charge is 0.383 e. The maximum atomic E-state index is 11.8. The molecule has 0 saturated carbocycles. The van der Waals surface area contributed by atoms with Crippen LogP contribution >= 0.6 is 15.9 Å². The number of carbonyl (C=O) groups excluding carboxylic acids is 1. The standard InChI is InChI=1S/C12H14BrN3O2/c1-18-7-6-16-10(11(14)15-12(16)17)8-4-2-3-5-9(8)13/h2-5,10H,6-7H2,1H3,(H2,14,15,17). The smallest absolute Gasteiger partial charge is 0.323 e. The molecule has 6 heteroatoms. The molecule has 2 amide bonds. The average Bonchev–Trinajstić information content (AvgIpc) is 2.62. The summed E-state index contributed by atoms with van der Waals surface area (Å²) < 4.78 is 5.89. The highest BCUT2D eigenvalue weighted by Crippen LogP contribution is 2.30. The number of nitrogens with one attached hydrogen (secondary N) is 2. The Labute approximate surface area is 114 Å². The minimum Gasteiger partial charge on any atom is -0.383 e. The van der Waals surface area contributed by atoms with Crippen LogP contribution in [0, 0.1) is 5.41 Å². The van der Waals surface area contributed by atoms with Crippen LogP contribution in [0.1, 0.15) is 11.6 Å². The van der Waals surface area contributed by atoms with Gasteiger partial charge in [0.05, 0.1) is 6.61 Å². The van der Waals surface area contributed by atoms with Crippen molar-refractivity contribution in [2.75, 3.05) is 20.3 Å². The van der Waals surface area contributed by atoms with Gasteiger partial charge in [-0.3, -0.25) is 10.7 Å². The summed E-state index contributed by atoms with van der Waals surface area (Å²) in [5.74, 6) is 0.197. The first kappa shape index (κ1) is 13.0. The van der Waals surface area contributed by atoms with Crippen LogP contribution in [0.25, 0.3) is 0 Å². The van der Waals surface area contributed by atoms with Crippen LogP contribution in [0.3, 0.4) is 0 Å². The maximum absolute atomic E-state index is 11.8. The number of amides is 2. The molecule has 0 spiro atoms. The van der Waals surface area contributed by atoms with Gasteiger partial charge in [-0.25, -0.2) is 4.79 Å². The SMILES string of the molecule is COCCN1C(=O)NC(=N)C1c1ccccc1Br. The molecule has 1 atom stereocenters. The fourth-order valence-corrected chi connectivity index (χ4v) is 2.47. The molecule has 0 aromatic heterocycles. The van der Waals surface area contributed by atoms with Gasteiger partial charge in [-0.05, 0) is 11.6 Å². The van der Waals surface area contributed by atoms with Crippen LogP contribution in [-0.4, -0.2) is 37.0 Å². The van der Waals surface area contributed by atoms with Crippen molar-refractivity contribution >= 4 is 27.8 Å². The van der Waals surface area contributed by atoms with Crippen molar-refractivity contribution in [2.45, 2.75) is 6.04 Å². The molecule has 2 rings (SSSR count). The summed E-state index contributed by atoms with van der Waals surface area (Å²) in [7, 11) is 1.59. The van der Waals surface area contributed by atoms with Gasteiger partial charge < -0.3 is 9.64 Å². The van der Waals surface area contributed by atoms with Gasteiger partial charge in [0, 0.05) is 18.1 Å². The van der Waals surface area contributed by atoms with Crippen molar-refractivity contribution in [3.05, 3.63) is 34.3 Å². The highest BCUT2D eigenvalue weighted by Gasteiger charge is 2.37. The van der Waals surface area contributed by atoms with Crippen molar-refractivity contribution in [3.63, 3.8) is 0 Å². The fourth-order valence-electron chi connectivity index (χ4n) is 1.97. The lowest BCUT2D eigenvalue weighted by molar-refractivity contribution is 0.150. The van der Waals surface area contributed by atoms with Crippen LogP contribution in [0.2, 0.25) is 0 Å². The number of hydrogen-bond donors (Lipinski definition) is 2. The molecule has 0 aliphatic carbocycles. The van der Waals surface area contributed by atoms with Crippen LogP contribution in [-0.2, 0) is 4.74 Å². The molecule has 1 aromatic rings. The van der Waals surface area contributed by atoms with Gasteiger partial charge in [-0.15, -0.1) is 0 Å². The molecule has 2 N–H and O–H groups in total. The molecule has 96 valence electrons. The molecule has 0 bridgehead atoms. The summed E-state index contributed by atoms with van der Waals surface area (Å²) >= 11 is 3.46. The monoisotopic (exact) mass is 311 g/mol. The number of halogens is 1. The van der Waals surface area contributed by atoms with Gasteiger partial charge in [0.15, 0.2) is 0 Å². The Balaban J connectivity index is 2.31. The number of ether oxygens (including phenoxy) is 1. The quantitative estimate of drug-likeness (QED) is 0.894. The predicted molar refractivity (Wildman–Crippen MR) is 71.7 cm³/mol. The fraction of sp³-hybridized carbons (Fsp3) is 0.333. The Hall–Kier alpha value is -1.40. The molecule has 5 nitrogen and oxygen atoms in total. The van der Waals surface area contributed by atoms with E-state index in [1.807, 2.05) is 24.3 Å². The molecule has 1 saturated heterocycles. The zero-order chi connectivity index (χ0) is 13.1. The number of rotatable bonds is 4. The summed E-state index contributed by atoms with van der Waals surface area (Å²) in [6, 6.07) is 6.98. The molecule has 1 fully saturated rings. The van der Waals surface area contributed by atoms with Crippen LogP contribution < -0.4 is 5.32 Å². The maximum Gasteiger partial charge on any atom is 0.323 e. The van der Waals surface area contributed by atoms with Gasteiger partial charge in [0.1, 0.15) is 11.9 Å². The van der Waals surface area contributed by atoms with E-state index in [1.165, 1.54) is 0 Å². The van der Waals surface area contributed by atoms with E-state index in [1.54, 1.807) is 12.0 Å². The van der Waals surface area contributed by atoms with Crippen LogP contribution in [0.15, 0.2) is 28.7 Å². The highest BCUT2D eigenvalue weighted by atomic mass is 79.9. The molecule has 1 aromatic carbocycles. The van der Waals surface area contributed by atoms with E-state index in [0.29, 0.717) is 13.2 Å². The van der Waals surface area contributed by atoms with Gasteiger partial charge >= 0.3 is 6.03 Å². The van der Waals surface area contributed by atoms with E-state index >= 15 is 0 Å². The third kappa shape index (κ3) is 2.39. The number of methoxy groups -OCH3 is 1. The second kappa shape index (κ2) is 5.49. The minimum atomic E-state index is -0.372. The Kier molecular flexibility index (Phi) is 3.98. The van der Waals surface area contributed by atoms with Crippen molar-refractivity contribution < 1.29 is 9.53 Å². The Morgan fingerprint density at radius 2 is 2.22 bits per heavy atom. The molecular formula is C12H14BrN3O2. The Morgan fingerprint density at radius 1 is 1.50 bits per heavy atom. The lowest BCUT2D eigenvalue weighted by Crippen LogP contribution is -2.32. The number of amidine groups is 1. The first-order valence-corrected chi connectivity index (χ1v) is 6.34.